The van der Waals surface area contributed by atoms with E-state index < -0.39 is 17.5 Å². The molecule has 6 nitrogen and oxygen atoms in total. The van der Waals surface area contributed by atoms with Crippen molar-refractivity contribution in [1.82, 2.24) is 15.3 Å². The highest BCUT2D eigenvalue weighted by atomic mass is 16.2. The molecular weight excluding hydrogens is 402 g/mol. The minimum Gasteiger partial charge on any atom is -0.332 e. The van der Waals surface area contributed by atoms with Gasteiger partial charge in [-0.1, -0.05) is 78.4 Å². The molecule has 2 fully saturated rings. The first kappa shape index (κ1) is 20.2. The largest absolute Gasteiger partial charge is 0.332 e. The molecule has 3 aromatic rings. The third kappa shape index (κ3) is 3.03. The van der Waals surface area contributed by atoms with Crippen LogP contribution in [0.5, 0.6) is 0 Å². The summed E-state index contributed by atoms with van der Waals surface area (Å²) in [5.41, 5.74) is 1.60. The number of nitrogens with zero attached hydrogens (tertiary/aromatic N) is 2. The molecule has 5 rings (SSSR count). The molecule has 0 bridgehead atoms. The van der Waals surface area contributed by atoms with Gasteiger partial charge in [-0.2, -0.15) is 5.01 Å². The first-order chi connectivity index (χ1) is 15.5. The lowest BCUT2D eigenvalue weighted by Crippen LogP contribution is -2.55. The number of rotatable bonds is 4. The van der Waals surface area contributed by atoms with Crippen LogP contribution in [0.4, 0.5) is 0 Å². The van der Waals surface area contributed by atoms with E-state index in [0.717, 1.165) is 11.1 Å². The van der Waals surface area contributed by atoms with Crippen LogP contribution in [0.15, 0.2) is 84.9 Å². The summed E-state index contributed by atoms with van der Waals surface area (Å²) in [5, 5.41) is 6.09. The van der Waals surface area contributed by atoms with E-state index in [2.05, 4.69) is 5.32 Å². The molecule has 0 radical (unpaired) electrons. The summed E-state index contributed by atoms with van der Waals surface area (Å²) < 4.78 is 0. The Hall–Kier alpha value is -3.77. The van der Waals surface area contributed by atoms with Crippen LogP contribution < -0.4 is 5.32 Å². The van der Waals surface area contributed by atoms with Gasteiger partial charge in [0.05, 0.1) is 6.04 Å². The Morgan fingerprint density at radius 1 is 0.906 bits per heavy atom. The maximum atomic E-state index is 14.0. The van der Waals surface area contributed by atoms with Crippen LogP contribution in [-0.2, 0) is 15.1 Å². The van der Waals surface area contributed by atoms with Gasteiger partial charge >= 0.3 is 0 Å². The average molecular weight is 425 g/mol. The molecule has 0 spiro atoms. The van der Waals surface area contributed by atoms with Crippen molar-refractivity contribution >= 4 is 17.7 Å². The number of amides is 3. The molecule has 0 aromatic heterocycles. The third-order valence-electron chi connectivity index (χ3n) is 6.25. The molecule has 0 aliphatic carbocycles. The predicted molar refractivity (Wildman–Crippen MR) is 119 cm³/mol. The second-order valence-electron chi connectivity index (χ2n) is 8.23. The molecule has 2 saturated heterocycles. The van der Waals surface area contributed by atoms with Crippen molar-refractivity contribution in [3.8, 4) is 0 Å². The van der Waals surface area contributed by atoms with Gasteiger partial charge in [0.25, 0.3) is 11.8 Å². The summed E-state index contributed by atoms with van der Waals surface area (Å²) in [5.74, 6) is -1.05. The predicted octanol–water partition coefficient (Wildman–Crippen LogP) is 3.35. The number of hydrazine groups is 1. The molecule has 3 aromatic carbocycles. The lowest BCUT2D eigenvalue weighted by molar-refractivity contribution is -0.150. The van der Waals surface area contributed by atoms with Gasteiger partial charge in [-0.05, 0) is 30.2 Å². The second kappa shape index (κ2) is 7.73. The van der Waals surface area contributed by atoms with Gasteiger partial charge in [0.15, 0.2) is 5.54 Å². The van der Waals surface area contributed by atoms with Crippen LogP contribution in [-0.4, -0.2) is 34.3 Å². The third-order valence-corrected chi connectivity index (χ3v) is 6.25. The fourth-order valence-electron chi connectivity index (χ4n) is 4.73. The summed E-state index contributed by atoms with van der Waals surface area (Å²) in [7, 11) is 0. The number of nitrogens with one attached hydrogen (secondary N) is 1. The smallest absolute Gasteiger partial charge is 0.276 e. The normalized spacial score (nSPS) is 22.8. The number of benzene rings is 3. The summed E-state index contributed by atoms with van der Waals surface area (Å²) in [6.45, 7) is 2.41. The highest BCUT2D eigenvalue weighted by Gasteiger charge is 2.64. The van der Waals surface area contributed by atoms with Crippen molar-refractivity contribution in [1.29, 1.82) is 0 Å². The Labute approximate surface area is 186 Å². The second-order valence-corrected chi connectivity index (χ2v) is 8.23. The minimum absolute atomic E-state index is 0.251. The summed E-state index contributed by atoms with van der Waals surface area (Å²) >= 11 is 0. The molecular formula is C26H23N3O3. The van der Waals surface area contributed by atoms with E-state index >= 15 is 0 Å². The van der Waals surface area contributed by atoms with E-state index in [4.69, 9.17) is 0 Å². The van der Waals surface area contributed by atoms with Gasteiger partial charge in [-0.3, -0.25) is 14.4 Å². The van der Waals surface area contributed by atoms with Crippen molar-refractivity contribution in [2.24, 2.45) is 0 Å². The summed E-state index contributed by atoms with van der Waals surface area (Å²) in [6.07, 6.45) is 0.269. The van der Waals surface area contributed by atoms with Crippen molar-refractivity contribution in [3.63, 3.8) is 0 Å². The number of fused-ring (bicyclic) bond motifs is 1. The highest BCUT2D eigenvalue weighted by molar-refractivity contribution is 6.07. The van der Waals surface area contributed by atoms with E-state index in [-0.39, 0.29) is 18.2 Å². The number of carbonyl (C=O) groups is 3. The molecule has 2 atom stereocenters. The van der Waals surface area contributed by atoms with Crippen molar-refractivity contribution in [3.05, 3.63) is 107 Å². The number of hydrogen-bond acceptors (Lipinski definition) is 4. The first-order valence-corrected chi connectivity index (χ1v) is 10.7. The van der Waals surface area contributed by atoms with E-state index in [1.807, 2.05) is 67.6 Å². The fourth-order valence-corrected chi connectivity index (χ4v) is 4.73. The summed E-state index contributed by atoms with van der Waals surface area (Å²) in [4.78, 5) is 40.1. The van der Waals surface area contributed by atoms with Gasteiger partial charge in [0, 0.05) is 18.5 Å². The Balaban J connectivity index is 1.72. The Morgan fingerprint density at radius 2 is 1.53 bits per heavy atom. The SMILES string of the molecule is Cc1ccc(C2N3CCC(=O)N3C(=O)C2(NC(=O)c2ccccc2)c2ccccc2)cc1. The average Bonchev–Trinajstić information content (AvgIpc) is 3.31. The Bertz CT molecular complexity index is 1180. The molecule has 2 heterocycles. The molecule has 2 aliphatic rings. The van der Waals surface area contributed by atoms with Gasteiger partial charge in [0.1, 0.15) is 0 Å². The molecule has 6 heteroatoms. The molecule has 2 aliphatic heterocycles. The number of hydrogen-bond donors (Lipinski definition) is 1. The van der Waals surface area contributed by atoms with Crippen LogP contribution in [0.3, 0.4) is 0 Å². The standard InChI is InChI=1S/C26H23N3O3/c1-18-12-14-19(15-13-18)23-26(21-10-6-3-7-11-21,25(32)29-22(30)16-17-28(23)29)27-24(31)20-8-4-2-5-9-20/h2-15,23H,16-17H2,1H3,(H,27,31). The lowest BCUT2D eigenvalue weighted by Gasteiger charge is -2.36. The lowest BCUT2D eigenvalue weighted by atomic mass is 9.78. The maximum Gasteiger partial charge on any atom is 0.276 e. The molecule has 32 heavy (non-hydrogen) atoms. The van der Waals surface area contributed by atoms with Crippen LogP contribution in [0, 0.1) is 6.92 Å². The Morgan fingerprint density at radius 3 is 2.19 bits per heavy atom. The van der Waals surface area contributed by atoms with Crippen LogP contribution in [0.1, 0.15) is 39.5 Å². The van der Waals surface area contributed by atoms with Crippen LogP contribution >= 0.6 is 0 Å². The number of aryl methyl sites for hydroxylation is 1. The molecule has 160 valence electrons. The van der Waals surface area contributed by atoms with Crippen molar-refractivity contribution in [2.45, 2.75) is 24.9 Å². The van der Waals surface area contributed by atoms with E-state index in [9.17, 15) is 14.4 Å². The first-order valence-electron chi connectivity index (χ1n) is 10.7. The summed E-state index contributed by atoms with van der Waals surface area (Å²) in [6, 6.07) is 25.4. The minimum atomic E-state index is -1.44. The van der Waals surface area contributed by atoms with Gasteiger partial charge < -0.3 is 5.32 Å². The quantitative estimate of drug-likeness (QED) is 0.651. The Kier molecular flexibility index (Phi) is 4.87. The molecule has 0 saturated carbocycles. The van der Waals surface area contributed by atoms with Gasteiger partial charge in [0.2, 0.25) is 5.91 Å². The number of imide groups is 1. The van der Waals surface area contributed by atoms with Crippen molar-refractivity contribution in [2.75, 3.05) is 6.54 Å². The zero-order valence-electron chi connectivity index (χ0n) is 17.7. The maximum absolute atomic E-state index is 14.0. The van der Waals surface area contributed by atoms with Crippen molar-refractivity contribution < 1.29 is 14.4 Å². The van der Waals surface area contributed by atoms with Gasteiger partial charge in [-0.25, -0.2) is 5.01 Å². The van der Waals surface area contributed by atoms with E-state index in [0.29, 0.717) is 17.7 Å². The van der Waals surface area contributed by atoms with Crippen LogP contribution in [0.25, 0.3) is 0 Å². The molecule has 3 amide bonds. The number of carbonyl (C=O) groups excluding carboxylic acids is 3. The fraction of sp³-hybridized carbons (Fsp3) is 0.192. The zero-order chi connectivity index (χ0) is 22.3. The topological polar surface area (TPSA) is 69.7 Å². The molecule has 2 unspecified atom stereocenters. The van der Waals surface area contributed by atoms with E-state index in [1.54, 1.807) is 29.3 Å². The van der Waals surface area contributed by atoms with E-state index in [1.165, 1.54) is 5.01 Å². The molecule has 1 N–H and O–H groups in total. The zero-order valence-corrected chi connectivity index (χ0v) is 17.7. The van der Waals surface area contributed by atoms with Gasteiger partial charge in [-0.15, -0.1) is 0 Å². The monoisotopic (exact) mass is 425 g/mol. The highest BCUT2D eigenvalue weighted by Crippen LogP contribution is 2.49. The van der Waals surface area contributed by atoms with Crippen LogP contribution in [0.2, 0.25) is 0 Å².